The molecule has 0 heterocycles. The summed E-state index contributed by atoms with van der Waals surface area (Å²) in [6.45, 7) is 8.86. The van der Waals surface area contributed by atoms with Crippen molar-refractivity contribution in [3.8, 4) is 0 Å². The van der Waals surface area contributed by atoms with Gasteiger partial charge >= 0.3 is 0 Å². The molecular weight excluding hydrogens is 250 g/mol. The first-order valence-corrected chi connectivity index (χ1v) is 7.42. The van der Waals surface area contributed by atoms with Gasteiger partial charge in [-0.05, 0) is 50.9 Å². The Balaban J connectivity index is 2.61. The van der Waals surface area contributed by atoms with Gasteiger partial charge in [0.1, 0.15) is 0 Å². The summed E-state index contributed by atoms with van der Waals surface area (Å²) in [5.41, 5.74) is 7.89. The van der Waals surface area contributed by atoms with Gasteiger partial charge in [-0.3, -0.25) is 4.79 Å². The second kappa shape index (κ2) is 8.59. The Kier molecular flexibility index (Phi) is 7.09. The topological polar surface area (TPSA) is 58.4 Å². The minimum Gasteiger partial charge on any atom is -0.372 e. The molecule has 1 rings (SSSR count). The Morgan fingerprint density at radius 1 is 1.40 bits per heavy atom. The maximum absolute atomic E-state index is 11.4. The first-order valence-electron chi connectivity index (χ1n) is 7.42. The van der Waals surface area contributed by atoms with Crippen LogP contribution in [0.3, 0.4) is 0 Å². The highest BCUT2D eigenvalue weighted by atomic mass is 16.1. The molecule has 4 nitrogen and oxygen atoms in total. The van der Waals surface area contributed by atoms with E-state index in [4.69, 9.17) is 5.73 Å². The molecule has 112 valence electrons. The highest BCUT2D eigenvalue weighted by Gasteiger charge is 2.15. The molecule has 0 radical (unpaired) electrons. The molecule has 0 aliphatic carbocycles. The first-order chi connectivity index (χ1) is 9.58. The molecule has 0 bridgehead atoms. The summed E-state index contributed by atoms with van der Waals surface area (Å²) in [5.74, 6) is -0.265. The number of rotatable bonds is 9. The van der Waals surface area contributed by atoms with Crippen molar-refractivity contribution in [2.75, 3.05) is 24.5 Å². The summed E-state index contributed by atoms with van der Waals surface area (Å²) >= 11 is 0. The van der Waals surface area contributed by atoms with Crippen LogP contribution in [0.4, 0.5) is 5.69 Å². The van der Waals surface area contributed by atoms with Crippen LogP contribution in [-0.2, 0) is 4.79 Å². The molecule has 1 aromatic rings. The molecule has 1 atom stereocenters. The Labute approximate surface area is 122 Å². The molecule has 0 spiro atoms. The second-order valence-corrected chi connectivity index (χ2v) is 5.12. The number of carbonyl (C=O) groups is 1. The number of hydrogen-bond acceptors (Lipinski definition) is 3. The number of nitrogens with zero attached hydrogens (tertiary/aromatic N) is 1. The van der Waals surface area contributed by atoms with Gasteiger partial charge < -0.3 is 16.0 Å². The van der Waals surface area contributed by atoms with Crippen LogP contribution in [0.1, 0.15) is 32.3 Å². The van der Waals surface area contributed by atoms with E-state index in [0.29, 0.717) is 0 Å². The highest BCUT2D eigenvalue weighted by Crippen LogP contribution is 2.16. The van der Waals surface area contributed by atoms with Crippen LogP contribution in [0.25, 0.3) is 0 Å². The van der Waals surface area contributed by atoms with E-state index in [1.54, 1.807) is 0 Å². The number of amides is 1. The first kappa shape index (κ1) is 16.5. The number of anilines is 1. The van der Waals surface area contributed by atoms with Crippen LogP contribution in [0.5, 0.6) is 0 Å². The van der Waals surface area contributed by atoms with Crippen LogP contribution in [0, 0.1) is 6.92 Å². The minimum atomic E-state index is -0.265. The zero-order valence-corrected chi connectivity index (χ0v) is 12.9. The predicted molar refractivity (Wildman–Crippen MR) is 85.0 cm³/mol. The Morgan fingerprint density at radius 2 is 2.15 bits per heavy atom. The number of carbonyl (C=O) groups excluding carboxylic acids is 1. The van der Waals surface area contributed by atoms with Gasteiger partial charge in [0, 0.05) is 18.8 Å². The van der Waals surface area contributed by atoms with Crippen LogP contribution in [0.2, 0.25) is 0 Å². The molecule has 20 heavy (non-hydrogen) atoms. The lowest BCUT2D eigenvalue weighted by atomic mass is 10.1. The lowest BCUT2D eigenvalue weighted by molar-refractivity contribution is -0.120. The number of nitrogens with two attached hydrogens (primary N) is 1. The van der Waals surface area contributed by atoms with Gasteiger partial charge in [-0.2, -0.15) is 0 Å². The summed E-state index contributed by atoms with van der Waals surface area (Å²) in [4.78, 5) is 13.7. The number of primary amides is 1. The van der Waals surface area contributed by atoms with Gasteiger partial charge in [0.05, 0.1) is 6.04 Å². The summed E-state index contributed by atoms with van der Waals surface area (Å²) in [6.07, 6.45) is 1.73. The van der Waals surface area contributed by atoms with Gasteiger partial charge in [-0.25, -0.2) is 0 Å². The fourth-order valence-corrected chi connectivity index (χ4v) is 2.24. The van der Waals surface area contributed by atoms with E-state index in [0.717, 1.165) is 32.5 Å². The Hall–Kier alpha value is -1.55. The molecule has 4 heteroatoms. The van der Waals surface area contributed by atoms with Gasteiger partial charge in [0.2, 0.25) is 5.91 Å². The normalized spacial score (nSPS) is 12.2. The van der Waals surface area contributed by atoms with Crippen molar-refractivity contribution < 1.29 is 4.79 Å². The minimum absolute atomic E-state index is 0.242. The van der Waals surface area contributed by atoms with E-state index >= 15 is 0 Å². The molecule has 1 aromatic carbocycles. The summed E-state index contributed by atoms with van der Waals surface area (Å²) < 4.78 is 0. The number of benzene rings is 1. The smallest absolute Gasteiger partial charge is 0.234 e. The van der Waals surface area contributed by atoms with E-state index < -0.39 is 0 Å². The van der Waals surface area contributed by atoms with E-state index in [1.165, 1.54) is 11.3 Å². The monoisotopic (exact) mass is 277 g/mol. The van der Waals surface area contributed by atoms with Crippen molar-refractivity contribution in [3.63, 3.8) is 0 Å². The molecule has 0 fully saturated rings. The van der Waals surface area contributed by atoms with Gasteiger partial charge in [0.15, 0.2) is 0 Å². The van der Waals surface area contributed by atoms with Crippen LogP contribution < -0.4 is 16.0 Å². The van der Waals surface area contributed by atoms with Crippen molar-refractivity contribution in [2.24, 2.45) is 5.73 Å². The van der Waals surface area contributed by atoms with Crippen molar-refractivity contribution >= 4 is 11.6 Å². The average molecular weight is 277 g/mol. The Morgan fingerprint density at radius 3 is 2.70 bits per heavy atom. The largest absolute Gasteiger partial charge is 0.372 e. The molecular formula is C16H27N3O. The van der Waals surface area contributed by atoms with E-state index in [-0.39, 0.29) is 11.9 Å². The SMILES string of the molecule is CCCNC(CCN(CC)c1cccc(C)c1)C(N)=O. The zero-order chi connectivity index (χ0) is 15.0. The molecule has 0 aliphatic rings. The lowest BCUT2D eigenvalue weighted by Crippen LogP contribution is -2.44. The third-order valence-corrected chi connectivity index (χ3v) is 3.42. The van der Waals surface area contributed by atoms with Crippen LogP contribution >= 0.6 is 0 Å². The molecule has 0 saturated heterocycles. The third kappa shape index (κ3) is 5.21. The highest BCUT2D eigenvalue weighted by molar-refractivity contribution is 5.79. The number of aryl methyl sites for hydroxylation is 1. The standard InChI is InChI=1S/C16H27N3O/c1-4-10-18-15(16(17)20)9-11-19(5-2)14-8-6-7-13(3)12-14/h6-8,12,15,18H,4-5,9-11H2,1-3H3,(H2,17,20). The maximum Gasteiger partial charge on any atom is 0.234 e. The second-order valence-electron chi connectivity index (χ2n) is 5.12. The molecule has 3 N–H and O–H groups in total. The fourth-order valence-electron chi connectivity index (χ4n) is 2.24. The quantitative estimate of drug-likeness (QED) is 0.726. The van der Waals surface area contributed by atoms with Gasteiger partial charge in [-0.15, -0.1) is 0 Å². The zero-order valence-electron chi connectivity index (χ0n) is 12.9. The molecule has 0 aliphatic heterocycles. The predicted octanol–water partition coefficient (Wildman–Crippen LogP) is 2.06. The van der Waals surface area contributed by atoms with E-state index in [1.807, 2.05) is 0 Å². The van der Waals surface area contributed by atoms with Crippen molar-refractivity contribution in [1.82, 2.24) is 5.32 Å². The number of hydrogen-bond donors (Lipinski definition) is 2. The van der Waals surface area contributed by atoms with E-state index in [2.05, 4.69) is 55.3 Å². The molecule has 0 aromatic heterocycles. The average Bonchev–Trinajstić information content (AvgIpc) is 2.42. The van der Waals surface area contributed by atoms with Crippen LogP contribution in [0.15, 0.2) is 24.3 Å². The fraction of sp³-hybridized carbons (Fsp3) is 0.562. The van der Waals surface area contributed by atoms with Gasteiger partial charge in [-0.1, -0.05) is 19.1 Å². The van der Waals surface area contributed by atoms with Crippen molar-refractivity contribution in [1.29, 1.82) is 0 Å². The van der Waals surface area contributed by atoms with Crippen molar-refractivity contribution in [3.05, 3.63) is 29.8 Å². The lowest BCUT2D eigenvalue weighted by Gasteiger charge is -2.25. The Bertz CT molecular complexity index is 420. The molecule has 1 amide bonds. The van der Waals surface area contributed by atoms with Crippen molar-refractivity contribution in [2.45, 2.75) is 39.7 Å². The summed E-state index contributed by atoms with van der Waals surface area (Å²) in [6, 6.07) is 8.19. The summed E-state index contributed by atoms with van der Waals surface area (Å²) in [7, 11) is 0. The van der Waals surface area contributed by atoms with Crippen LogP contribution in [-0.4, -0.2) is 31.6 Å². The summed E-state index contributed by atoms with van der Waals surface area (Å²) in [5, 5.41) is 3.21. The molecule has 1 unspecified atom stereocenters. The number of nitrogens with one attached hydrogen (secondary N) is 1. The third-order valence-electron chi connectivity index (χ3n) is 3.42. The van der Waals surface area contributed by atoms with Gasteiger partial charge in [0.25, 0.3) is 0 Å². The van der Waals surface area contributed by atoms with E-state index in [9.17, 15) is 4.79 Å². The molecule has 0 saturated carbocycles. The maximum atomic E-state index is 11.4.